The smallest absolute Gasteiger partial charge is 0.223 e. The molecule has 0 aliphatic heterocycles. The molecule has 1 atom stereocenters. The largest absolute Gasteiger partial charge is 0.373 e. The maximum absolute atomic E-state index is 5.58. The number of hydrogen-bond acceptors (Lipinski definition) is 5. The topological polar surface area (TPSA) is 73.9 Å². The molecule has 0 amide bonds. The lowest BCUT2D eigenvalue weighted by Crippen LogP contribution is -2.23. The van der Waals surface area contributed by atoms with E-state index in [0.717, 1.165) is 0 Å². The van der Waals surface area contributed by atoms with E-state index in [9.17, 15) is 0 Å². The zero-order valence-electron chi connectivity index (χ0n) is 9.90. The van der Waals surface area contributed by atoms with E-state index in [1.807, 2.05) is 0 Å². The lowest BCUT2D eigenvalue weighted by molar-refractivity contribution is 0.00850. The zero-order valence-corrected chi connectivity index (χ0v) is 9.90. The van der Waals surface area contributed by atoms with Gasteiger partial charge in [-0.2, -0.15) is 9.97 Å². The zero-order chi connectivity index (χ0) is 11.6. The van der Waals surface area contributed by atoms with Crippen molar-refractivity contribution >= 4 is 5.95 Å². The van der Waals surface area contributed by atoms with Gasteiger partial charge in [0.2, 0.25) is 5.95 Å². The van der Waals surface area contributed by atoms with Crippen molar-refractivity contribution in [3.63, 3.8) is 0 Å². The van der Waals surface area contributed by atoms with Crippen molar-refractivity contribution in [3.05, 3.63) is 11.6 Å². The molecule has 1 rings (SSSR count). The van der Waals surface area contributed by atoms with Gasteiger partial charge >= 0.3 is 0 Å². The molecule has 1 aromatic rings. The third-order valence-corrected chi connectivity index (χ3v) is 2.04. The number of nitrogens with zero attached hydrogens (tertiary/aromatic N) is 3. The summed E-state index contributed by atoms with van der Waals surface area (Å²) in [5.74, 6) is 1.45. The van der Waals surface area contributed by atoms with E-state index in [1.54, 1.807) is 14.0 Å². The van der Waals surface area contributed by atoms with E-state index in [2.05, 4.69) is 35.7 Å². The Bertz CT molecular complexity index is 326. The standard InChI is InChI=1S/C10H18N4O/c1-6-12-8(14-9(11)13-6)7(15-5)10(2,3)4/h7H,1-5H3,(H2,11,12,13,14). The molecule has 0 saturated carbocycles. The quantitative estimate of drug-likeness (QED) is 0.800. The highest BCUT2D eigenvalue weighted by Gasteiger charge is 2.29. The van der Waals surface area contributed by atoms with Crippen molar-refractivity contribution < 1.29 is 4.74 Å². The van der Waals surface area contributed by atoms with Crippen molar-refractivity contribution in [2.75, 3.05) is 12.8 Å². The van der Waals surface area contributed by atoms with E-state index in [0.29, 0.717) is 11.6 Å². The van der Waals surface area contributed by atoms with Gasteiger partial charge in [0, 0.05) is 7.11 Å². The molecule has 0 aliphatic carbocycles. The maximum Gasteiger partial charge on any atom is 0.223 e. The van der Waals surface area contributed by atoms with Crippen LogP contribution in [-0.2, 0) is 4.74 Å². The SMILES string of the molecule is COC(c1nc(C)nc(N)n1)C(C)(C)C. The van der Waals surface area contributed by atoms with Crippen molar-refractivity contribution in [1.82, 2.24) is 15.0 Å². The Hall–Kier alpha value is -1.23. The molecular weight excluding hydrogens is 192 g/mol. The minimum Gasteiger partial charge on any atom is -0.373 e. The summed E-state index contributed by atoms with van der Waals surface area (Å²) in [6.07, 6.45) is -0.179. The number of ether oxygens (including phenoxy) is 1. The van der Waals surface area contributed by atoms with Gasteiger partial charge < -0.3 is 10.5 Å². The maximum atomic E-state index is 5.58. The second-order valence-corrected chi connectivity index (χ2v) is 4.58. The Morgan fingerprint density at radius 3 is 2.20 bits per heavy atom. The first-order chi connectivity index (χ1) is 6.84. The van der Waals surface area contributed by atoms with Crippen LogP contribution < -0.4 is 5.73 Å². The van der Waals surface area contributed by atoms with Gasteiger partial charge in [-0.3, -0.25) is 0 Å². The fourth-order valence-electron chi connectivity index (χ4n) is 1.49. The van der Waals surface area contributed by atoms with Gasteiger partial charge in [-0.25, -0.2) is 4.98 Å². The average Bonchev–Trinajstić information content (AvgIpc) is 1.99. The third-order valence-electron chi connectivity index (χ3n) is 2.04. The molecule has 1 heterocycles. The first kappa shape index (κ1) is 11.8. The Morgan fingerprint density at radius 2 is 1.80 bits per heavy atom. The lowest BCUT2D eigenvalue weighted by atomic mass is 9.88. The van der Waals surface area contributed by atoms with Crippen LogP contribution in [0.25, 0.3) is 0 Å². The molecule has 15 heavy (non-hydrogen) atoms. The minimum absolute atomic E-state index is 0.0744. The number of nitrogen functional groups attached to an aromatic ring is 1. The average molecular weight is 210 g/mol. The number of aromatic nitrogens is 3. The normalized spacial score (nSPS) is 13.9. The molecule has 0 saturated heterocycles. The highest BCUT2D eigenvalue weighted by molar-refractivity contribution is 5.17. The molecule has 84 valence electrons. The summed E-state index contributed by atoms with van der Waals surface area (Å²) in [5.41, 5.74) is 5.50. The number of nitrogens with two attached hydrogens (primary N) is 1. The van der Waals surface area contributed by atoms with Crippen LogP contribution >= 0.6 is 0 Å². The molecule has 0 fully saturated rings. The number of aryl methyl sites for hydroxylation is 1. The Kier molecular flexibility index (Phi) is 3.24. The van der Waals surface area contributed by atoms with Crippen LogP contribution in [0.4, 0.5) is 5.95 Å². The third kappa shape index (κ3) is 2.86. The Balaban J connectivity index is 3.13. The van der Waals surface area contributed by atoms with Crippen molar-refractivity contribution in [3.8, 4) is 0 Å². The summed E-state index contributed by atoms with van der Waals surface area (Å²) in [6, 6.07) is 0. The highest BCUT2D eigenvalue weighted by atomic mass is 16.5. The number of rotatable bonds is 2. The van der Waals surface area contributed by atoms with Crippen molar-refractivity contribution in [2.24, 2.45) is 5.41 Å². The molecule has 0 bridgehead atoms. The summed E-state index contributed by atoms with van der Waals surface area (Å²) < 4.78 is 5.40. The van der Waals surface area contributed by atoms with E-state index in [1.165, 1.54) is 0 Å². The first-order valence-electron chi connectivity index (χ1n) is 4.85. The molecule has 0 aliphatic rings. The lowest BCUT2D eigenvalue weighted by Gasteiger charge is -2.27. The summed E-state index contributed by atoms with van der Waals surface area (Å²) >= 11 is 0. The van der Waals surface area contributed by atoms with Crippen molar-refractivity contribution in [2.45, 2.75) is 33.8 Å². The first-order valence-corrected chi connectivity index (χ1v) is 4.85. The molecule has 0 spiro atoms. The van der Waals surface area contributed by atoms with Crippen LogP contribution in [-0.4, -0.2) is 22.1 Å². The molecular formula is C10H18N4O. The Labute approximate surface area is 90.1 Å². The fourth-order valence-corrected chi connectivity index (χ4v) is 1.49. The molecule has 1 aromatic heterocycles. The molecule has 0 radical (unpaired) electrons. The minimum atomic E-state index is -0.179. The van der Waals surface area contributed by atoms with E-state index >= 15 is 0 Å². The number of anilines is 1. The van der Waals surface area contributed by atoms with E-state index < -0.39 is 0 Å². The second kappa shape index (κ2) is 4.10. The van der Waals surface area contributed by atoms with Crippen LogP contribution in [0, 0.1) is 12.3 Å². The predicted molar refractivity (Wildman–Crippen MR) is 58.2 cm³/mol. The summed E-state index contributed by atoms with van der Waals surface area (Å²) in [6.45, 7) is 7.99. The molecule has 1 unspecified atom stereocenters. The monoisotopic (exact) mass is 210 g/mol. The van der Waals surface area contributed by atoms with E-state index in [4.69, 9.17) is 10.5 Å². The number of methoxy groups -OCH3 is 1. The van der Waals surface area contributed by atoms with Gasteiger partial charge in [0.15, 0.2) is 5.82 Å². The van der Waals surface area contributed by atoms with E-state index in [-0.39, 0.29) is 17.5 Å². The molecule has 0 aromatic carbocycles. The highest BCUT2D eigenvalue weighted by Crippen LogP contribution is 2.33. The molecule has 2 N–H and O–H groups in total. The predicted octanol–water partition coefficient (Wildman–Crippen LogP) is 1.50. The summed E-state index contributed by atoms with van der Waals surface area (Å²) in [7, 11) is 1.64. The van der Waals surface area contributed by atoms with Gasteiger partial charge in [-0.1, -0.05) is 20.8 Å². The van der Waals surface area contributed by atoms with Crippen LogP contribution in [0.2, 0.25) is 0 Å². The van der Waals surface area contributed by atoms with Crippen LogP contribution in [0.1, 0.15) is 38.5 Å². The summed E-state index contributed by atoms with van der Waals surface area (Å²) in [4.78, 5) is 12.3. The van der Waals surface area contributed by atoms with Crippen LogP contribution in [0.5, 0.6) is 0 Å². The van der Waals surface area contributed by atoms with Gasteiger partial charge in [0.1, 0.15) is 11.9 Å². The molecule has 5 heteroatoms. The van der Waals surface area contributed by atoms with Crippen molar-refractivity contribution in [1.29, 1.82) is 0 Å². The van der Waals surface area contributed by atoms with Crippen LogP contribution in [0.15, 0.2) is 0 Å². The Morgan fingerprint density at radius 1 is 1.20 bits per heavy atom. The molecule has 5 nitrogen and oxygen atoms in total. The van der Waals surface area contributed by atoms with Gasteiger partial charge in [-0.05, 0) is 12.3 Å². The van der Waals surface area contributed by atoms with Gasteiger partial charge in [-0.15, -0.1) is 0 Å². The summed E-state index contributed by atoms with van der Waals surface area (Å²) in [5, 5.41) is 0. The van der Waals surface area contributed by atoms with Crippen LogP contribution in [0.3, 0.4) is 0 Å². The van der Waals surface area contributed by atoms with Gasteiger partial charge in [0.25, 0.3) is 0 Å². The fraction of sp³-hybridized carbons (Fsp3) is 0.700. The number of hydrogen-bond donors (Lipinski definition) is 1. The second-order valence-electron chi connectivity index (χ2n) is 4.58. The van der Waals surface area contributed by atoms with Gasteiger partial charge in [0.05, 0.1) is 0 Å².